The van der Waals surface area contributed by atoms with E-state index < -0.39 is 0 Å². The van der Waals surface area contributed by atoms with Crippen LogP contribution in [0, 0.1) is 19.8 Å². The standard InChI is InChI=1S/C17H20N4OS/c1-12(11-23-16-7-5-4-6-13(16)2)10-22-17-15-8-18-20-21(15)9-14(3)19-17/h4-9,12H,10-11H2,1-3H3. The monoisotopic (exact) mass is 328 g/mol. The van der Waals surface area contributed by atoms with E-state index in [1.54, 1.807) is 10.7 Å². The topological polar surface area (TPSA) is 52.3 Å². The molecule has 0 aliphatic carbocycles. The number of aromatic nitrogens is 4. The van der Waals surface area contributed by atoms with Gasteiger partial charge in [-0.05, 0) is 31.4 Å². The van der Waals surface area contributed by atoms with Crippen molar-refractivity contribution in [3.8, 4) is 5.88 Å². The molecule has 0 fully saturated rings. The highest BCUT2D eigenvalue weighted by Crippen LogP contribution is 2.24. The van der Waals surface area contributed by atoms with Gasteiger partial charge in [-0.3, -0.25) is 0 Å². The molecule has 0 saturated carbocycles. The smallest absolute Gasteiger partial charge is 0.242 e. The highest BCUT2D eigenvalue weighted by molar-refractivity contribution is 7.99. The van der Waals surface area contributed by atoms with Crippen molar-refractivity contribution in [1.29, 1.82) is 0 Å². The molecule has 1 unspecified atom stereocenters. The van der Waals surface area contributed by atoms with Crippen LogP contribution in [0.25, 0.3) is 5.52 Å². The molecule has 0 spiro atoms. The number of ether oxygens (including phenoxy) is 1. The highest BCUT2D eigenvalue weighted by atomic mass is 32.2. The summed E-state index contributed by atoms with van der Waals surface area (Å²) in [6.07, 6.45) is 3.52. The quantitative estimate of drug-likeness (QED) is 0.648. The van der Waals surface area contributed by atoms with Gasteiger partial charge in [0.2, 0.25) is 5.88 Å². The average Bonchev–Trinajstić information content (AvgIpc) is 3.00. The van der Waals surface area contributed by atoms with Gasteiger partial charge in [0.15, 0.2) is 0 Å². The molecule has 3 rings (SSSR count). The Morgan fingerprint density at radius 2 is 2.09 bits per heavy atom. The van der Waals surface area contributed by atoms with Crippen molar-refractivity contribution in [3.05, 3.63) is 47.9 Å². The lowest BCUT2D eigenvalue weighted by atomic mass is 10.2. The van der Waals surface area contributed by atoms with E-state index in [9.17, 15) is 0 Å². The van der Waals surface area contributed by atoms with Crippen molar-refractivity contribution in [1.82, 2.24) is 19.8 Å². The van der Waals surface area contributed by atoms with E-state index in [-0.39, 0.29) is 0 Å². The number of fused-ring (bicyclic) bond motifs is 1. The second kappa shape index (κ2) is 7.00. The summed E-state index contributed by atoms with van der Waals surface area (Å²) in [5, 5.41) is 7.90. The van der Waals surface area contributed by atoms with Gasteiger partial charge in [-0.15, -0.1) is 16.9 Å². The number of thioether (sulfide) groups is 1. The van der Waals surface area contributed by atoms with E-state index in [0.717, 1.165) is 17.0 Å². The number of rotatable bonds is 6. The van der Waals surface area contributed by atoms with Crippen molar-refractivity contribution >= 4 is 17.3 Å². The molecule has 0 N–H and O–H groups in total. The maximum atomic E-state index is 5.91. The van der Waals surface area contributed by atoms with Crippen LogP contribution in [0.4, 0.5) is 0 Å². The largest absolute Gasteiger partial charge is 0.476 e. The fourth-order valence-electron chi connectivity index (χ4n) is 2.24. The number of benzene rings is 1. The predicted octanol–water partition coefficient (Wildman–Crippen LogP) is 3.55. The van der Waals surface area contributed by atoms with Crippen molar-refractivity contribution in [2.24, 2.45) is 5.92 Å². The van der Waals surface area contributed by atoms with E-state index in [0.29, 0.717) is 18.4 Å². The van der Waals surface area contributed by atoms with Crippen LogP contribution in [0.1, 0.15) is 18.2 Å². The summed E-state index contributed by atoms with van der Waals surface area (Å²) in [6.45, 7) is 6.87. The molecule has 2 aromatic heterocycles. The van der Waals surface area contributed by atoms with E-state index in [2.05, 4.69) is 53.4 Å². The Kier molecular flexibility index (Phi) is 4.81. The molecule has 0 saturated heterocycles. The van der Waals surface area contributed by atoms with E-state index in [1.165, 1.54) is 10.5 Å². The van der Waals surface area contributed by atoms with Crippen molar-refractivity contribution in [3.63, 3.8) is 0 Å². The summed E-state index contributed by atoms with van der Waals surface area (Å²) >= 11 is 1.87. The van der Waals surface area contributed by atoms with Gasteiger partial charge in [0.05, 0.1) is 24.7 Å². The fraction of sp³-hybridized carbons (Fsp3) is 0.353. The molecule has 6 heteroatoms. The van der Waals surface area contributed by atoms with E-state index >= 15 is 0 Å². The SMILES string of the molecule is Cc1cn2nncc2c(OCC(C)CSc2ccccc2C)n1. The number of hydrogen-bond acceptors (Lipinski definition) is 5. The first-order valence-corrected chi connectivity index (χ1v) is 8.61. The Morgan fingerprint density at radius 3 is 2.91 bits per heavy atom. The minimum Gasteiger partial charge on any atom is -0.476 e. The van der Waals surface area contributed by atoms with Crippen molar-refractivity contribution < 1.29 is 4.74 Å². The molecule has 120 valence electrons. The van der Waals surface area contributed by atoms with Gasteiger partial charge in [-0.2, -0.15) is 0 Å². The fourth-order valence-corrected chi connectivity index (χ4v) is 3.27. The lowest BCUT2D eigenvalue weighted by Crippen LogP contribution is -2.12. The minimum absolute atomic E-state index is 0.415. The van der Waals surface area contributed by atoms with Gasteiger partial charge in [0.1, 0.15) is 5.52 Å². The Morgan fingerprint density at radius 1 is 1.26 bits per heavy atom. The maximum Gasteiger partial charge on any atom is 0.242 e. The lowest BCUT2D eigenvalue weighted by Gasteiger charge is -2.14. The van der Waals surface area contributed by atoms with Gasteiger partial charge in [-0.1, -0.05) is 30.3 Å². The highest BCUT2D eigenvalue weighted by Gasteiger charge is 2.10. The van der Waals surface area contributed by atoms with Crippen LogP contribution in [-0.2, 0) is 0 Å². The van der Waals surface area contributed by atoms with Gasteiger partial charge in [0.25, 0.3) is 0 Å². The van der Waals surface area contributed by atoms with E-state index in [4.69, 9.17) is 4.74 Å². The molecule has 1 atom stereocenters. The summed E-state index contributed by atoms with van der Waals surface area (Å²) < 4.78 is 7.61. The Bertz CT molecular complexity index is 802. The average molecular weight is 328 g/mol. The predicted molar refractivity (Wildman–Crippen MR) is 92.1 cm³/mol. The molecule has 1 aromatic carbocycles. The first kappa shape index (κ1) is 15.8. The van der Waals surface area contributed by atoms with Gasteiger partial charge in [0, 0.05) is 10.6 Å². The van der Waals surface area contributed by atoms with Crippen LogP contribution in [0.15, 0.2) is 41.6 Å². The molecular weight excluding hydrogens is 308 g/mol. The molecule has 0 radical (unpaired) electrons. The normalized spacial score (nSPS) is 12.5. The molecule has 0 amide bonds. The van der Waals surface area contributed by atoms with Crippen LogP contribution >= 0.6 is 11.8 Å². The maximum absolute atomic E-state index is 5.91. The van der Waals surface area contributed by atoms with E-state index in [1.807, 2.05) is 24.9 Å². The van der Waals surface area contributed by atoms with Crippen LogP contribution in [0.5, 0.6) is 5.88 Å². The number of aryl methyl sites for hydroxylation is 2. The van der Waals surface area contributed by atoms with Crippen molar-refractivity contribution in [2.45, 2.75) is 25.7 Å². The summed E-state index contributed by atoms with van der Waals surface area (Å²) in [6, 6.07) is 8.46. The molecule has 5 nitrogen and oxygen atoms in total. The molecule has 0 aliphatic heterocycles. The molecular formula is C17H20N4OS. The Labute approximate surface area is 140 Å². The third kappa shape index (κ3) is 3.82. The zero-order valence-corrected chi connectivity index (χ0v) is 14.4. The van der Waals surface area contributed by atoms with Crippen LogP contribution in [-0.4, -0.2) is 32.2 Å². The molecule has 3 aromatic rings. The van der Waals surface area contributed by atoms with Gasteiger partial charge >= 0.3 is 0 Å². The van der Waals surface area contributed by atoms with Gasteiger partial charge < -0.3 is 4.74 Å². The zero-order valence-electron chi connectivity index (χ0n) is 13.6. The second-order valence-electron chi connectivity index (χ2n) is 5.74. The summed E-state index contributed by atoms with van der Waals surface area (Å²) in [7, 11) is 0. The number of nitrogens with zero attached hydrogens (tertiary/aromatic N) is 4. The summed E-state index contributed by atoms with van der Waals surface area (Å²) in [4.78, 5) is 5.78. The molecule has 0 bridgehead atoms. The zero-order chi connectivity index (χ0) is 16.2. The third-order valence-corrected chi connectivity index (χ3v) is 5.01. The summed E-state index contributed by atoms with van der Waals surface area (Å²) in [5.41, 5.74) is 2.98. The molecule has 2 heterocycles. The molecule has 23 heavy (non-hydrogen) atoms. The first-order valence-electron chi connectivity index (χ1n) is 7.62. The Balaban J connectivity index is 1.59. The van der Waals surface area contributed by atoms with Crippen LogP contribution < -0.4 is 4.74 Å². The van der Waals surface area contributed by atoms with Crippen molar-refractivity contribution in [2.75, 3.05) is 12.4 Å². The Hall–Kier alpha value is -2.08. The summed E-state index contributed by atoms with van der Waals surface area (Å²) in [5.74, 6) is 2.02. The van der Waals surface area contributed by atoms with Crippen LogP contribution in [0.3, 0.4) is 0 Å². The second-order valence-corrected chi connectivity index (χ2v) is 6.81. The van der Waals surface area contributed by atoms with Crippen LogP contribution in [0.2, 0.25) is 0 Å². The first-order chi connectivity index (χ1) is 11.1. The third-order valence-electron chi connectivity index (χ3n) is 3.50. The van der Waals surface area contributed by atoms with Gasteiger partial charge in [-0.25, -0.2) is 9.50 Å². The number of hydrogen-bond donors (Lipinski definition) is 0. The molecule has 0 aliphatic rings. The lowest BCUT2D eigenvalue weighted by molar-refractivity contribution is 0.265. The minimum atomic E-state index is 0.415.